The first-order valence-corrected chi connectivity index (χ1v) is 6.91. The topological polar surface area (TPSA) is 64.6 Å². The average Bonchev–Trinajstić information content (AvgIpc) is 2.40. The number of nitrogens with one attached hydrogen (secondary N) is 1. The van der Waals surface area contributed by atoms with E-state index in [1.165, 1.54) is 7.11 Å². The average molecular weight is 293 g/mol. The Morgan fingerprint density at radius 2 is 1.71 bits per heavy atom. The Morgan fingerprint density at radius 3 is 2.19 bits per heavy atom. The molecule has 1 atom stereocenters. The summed E-state index contributed by atoms with van der Waals surface area (Å²) in [6.07, 6.45) is 0. The summed E-state index contributed by atoms with van der Waals surface area (Å²) in [7, 11) is 1.30. The standard InChI is InChI=1S/C16H23NO4/c1-10(2)15(16(19)20-5)17-14(18)9-21-13-7-11(3)6-12(4)8-13/h6-8,10,15H,9H2,1-5H3,(H,17,18)/t15-/m1/s1. The second kappa shape index (κ2) is 7.67. The molecule has 116 valence electrons. The van der Waals surface area contributed by atoms with Crippen LogP contribution < -0.4 is 10.1 Å². The van der Waals surface area contributed by atoms with Crippen LogP contribution in [0.15, 0.2) is 18.2 Å². The molecule has 0 saturated heterocycles. The van der Waals surface area contributed by atoms with Crippen molar-refractivity contribution in [1.29, 1.82) is 0 Å². The summed E-state index contributed by atoms with van der Waals surface area (Å²) in [5, 5.41) is 2.63. The Morgan fingerprint density at radius 1 is 1.14 bits per heavy atom. The van der Waals surface area contributed by atoms with E-state index in [4.69, 9.17) is 4.74 Å². The van der Waals surface area contributed by atoms with Crippen LogP contribution in [0.4, 0.5) is 0 Å². The summed E-state index contributed by atoms with van der Waals surface area (Å²) in [6, 6.07) is 5.09. The molecule has 0 spiro atoms. The molecule has 1 aromatic rings. The summed E-state index contributed by atoms with van der Waals surface area (Å²) in [4.78, 5) is 23.5. The van der Waals surface area contributed by atoms with Gasteiger partial charge < -0.3 is 14.8 Å². The molecule has 0 heterocycles. The first kappa shape index (κ1) is 17.0. The van der Waals surface area contributed by atoms with E-state index < -0.39 is 12.0 Å². The van der Waals surface area contributed by atoms with Crippen molar-refractivity contribution in [1.82, 2.24) is 5.32 Å². The number of hydrogen-bond donors (Lipinski definition) is 1. The van der Waals surface area contributed by atoms with Gasteiger partial charge in [0, 0.05) is 0 Å². The largest absolute Gasteiger partial charge is 0.484 e. The maximum atomic E-state index is 11.9. The zero-order valence-corrected chi connectivity index (χ0v) is 13.2. The van der Waals surface area contributed by atoms with E-state index in [2.05, 4.69) is 10.1 Å². The number of amides is 1. The van der Waals surface area contributed by atoms with Crippen LogP contribution >= 0.6 is 0 Å². The summed E-state index contributed by atoms with van der Waals surface area (Å²) >= 11 is 0. The van der Waals surface area contributed by atoms with Crippen molar-refractivity contribution in [3.05, 3.63) is 29.3 Å². The van der Waals surface area contributed by atoms with E-state index in [0.29, 0.717) is 5.75 Å². The van der Waals surface area contributed by atoms with Crippen LogP contribution in [0.5, 0.6) is 5.75 Å². The van der Waals surface area contributed by atoms with Crippen LogP contribution in [0.1, 0.15) is 25.0 Å². The Bertz CT molecular complexity index is 491. The molecule has 0 fully saturated rings. The molecule has 5 nitrogen and oxygen atoms in total. The number of rotatable bonds is 6. The van der Waals surface area contributed by atoms with Gasteiger partial charge in [0.2, 0.25) is 0 Å². The van der Waals surface area contributed by atoms with Gasteiger partial charge in [0.15, 0.2) is 6.61 Å². The molecule has 0 aliphatic heterocycles. The number of benzene rings is 1. The third-order valence-corrected chi connectivity index (χ3v) is 3.00. The molecule has 0 bridgehead atoms. The van der Waals surface area contributed by atoms with Gasteiger partial charge in [0.25, 0.3) is 5.91 Å². The molecule has 0 radical (unpaired) electrons. The maximum absolute atomic E-state index is 11.9. The van der Waals surface area contributed by atoms with E-state index >= 15 is 0 Å². The highest BCUT2D eigenvalue weighted by Gasteiger charge is 2.24. The van der Waals surface area contributed by atoms with Gasteiger partial charge in [0.05, 0.1) is 7.11 Å². The van der Waals surface area contributed by atoms with E-state index in [1.807, 2.05) is 45.9 Å². The lowest BCUT2D eigenvalue weighted by molar-refractivity contribution is -0.146. The first-order valence-electron chi connectivity index (χ1n) is 6.91. The molecule has 0 aliphatic rings. The predicted octanol–water partition coefficient (Wildman–Crippen LogP) is 2.00. The van der Waals surface area contributed by atoms with Crippen LogP contribution in [0.25, 0.3) is 0 Å². The van der Waals surface area contributed by atoms with Crippen molar-refractivity contribution in [3.8, 4) is 5.75 Å². The van der Waals surface area contributed by atoms with Gasteiger partial charge in [-0.25, -0.2) is 4.79 Å². The smallest absolute Gasteiger partial charge is 0.328 e. The van der Waals surface area contributed by atoms with E-state index in [-0.39, 0.29) is 18.4 Å². The van der Waals surface area contributed by atoms with Gasteiger partial charge in [-0.05, 0) is 43.0 Å². The number of hydrogen-bond acceptors (Lipinski definition) is 4. The lowest BCUT2D eigenvalue weighted by Crippen LogP contribution is -2.46. The van der Waals surface area contributed by atoms with Crippen molar-refractivity contribution >= 4 is 11.9 Å². The second-order valence-electron chi connectivity index (χ2n) is 5.42. The molecule has 1 aromatic carbocycles. The normalized spacial score (nSPS) is 11.9. The molecule has 1 N–H and O–H groups in total. The van der Waals surface area contributed by atoms with Crippen LogP contribution in [0.3, 0.4) is 0 Å². The van der Waals surface area contributed by atoms with Crippen molar-refractivity contribution < 1.29 is 19.1 Å². The first-order chi connectivity index (χ1) is 9.83. The van der Waals surface area contributed by atoms with Gasteiger partial charge in [0.1, 0.15) is 11.8 Å². The van der Waals surface area contributed by atoms with E-state index in [0.717, 1.165) is 11.1 Å². The fourth-order valence-electron chi connectivity index (χ4n) is 2.00. The second-order valence-corrected chi connectivity index (χ2v) is 5.42. The molecule has 1 amide bonds. The van der Waals surface area contributed by atoms with Gasteiger partial charge in [-0.1, -0.05) is 19.9 Å². The minimum Gasteiger partial charge on any atom is -0.484 e. The van der Waals surface area contributed by atoms with Crippen molar-refractivity contribution in [2.45, 2.75) is 33.7 Å². The Balaban J connectivity index is 2.58. The summed E-state index contributed by atoms with van der Waals surface area (Å²) in [5.41, 5.74) is 2.14. The van der Waals surface area contributed by atoms with Crippen LogP contribution in [0, 0.1) is 19.8 Å². The molecule has 0 unspecified atom stereocenters. The summed E-state index contributed by atoms with van der Waals surface area (Å²) in [5.74, 6) is -0.215. The van der Waals surface area contributed by atoms with Crippen LogP contribution in [-0.2, 0) is 14.3 Å². The maximum Gasteiger partial charge on any atom is 0.328 e. The SMILES string of the molecule is COC(=O)[C@H](NC(=O)COc1cc(C)cc(C)c1)C(C)C. The van der Waals surface area contributed by atoms with Crippen molar-refractivity contribution in [2.75, 3.05) is 13.7 Å². The fourth-order valence-corrected chi connectivity index (χ4v) is 2.00. The highest BCUT2D eigenvalue weighted by atomic mass is 16.5. The fraction of sp³-hybridized carbons (Fsp3) is 0.500. The van der Waals surface area contributed by atoms with Gasteiger partial charge in [-0.15, -0.1) is 0 Å². The Labute approximate surface area is 125 Å². The van der Waals surface area contributed by atoms with Crippen molar-refractivity contribution in [2.24, 2.45) is 5.92 Å². The molecule has 0 aromatic heterocycles. The van der Waals surface area contributed by atoms with Crippen molar-refractivity contribution in [3.63, 3.8) is 0 Å². The predicted molar refractivity (Wildman–Crippen MR) is 80.2 cm³/mol. The van der Waals surface area contributed by atoms with Gasteiger partial charge >= 0.3 is 5.97 Å². The number of carbonyl (C=O) groups excluding carboxylic acids is 2. The van der Waals surface area contributed by atoms with Gasteiger partial charge in [-0.3, -0.25) is 4.79 Å². The lowest BCUT2D eigenvalue weighted by atomic mass is 10.0. The molecule has 5 heteroatoms. The molecular weight excluding hydrogens is 270 g/mol. The van der Waals surface area contributed by atoms with Gasteiger partial charge in [-0.2, -0.15) is 0 Å². The lowest BCUT2D eigenvalue weighted by Gasteiger charge is -2.19. The Kier molecular flexibility index (Phi) is 6.21. The van der Waals surface area contributed by atoms with E-state index in [9.17, 15) is 9.59 Å². The molecule has 0 aliphatic carbocycles. The summed E-state index contributed by atoms with van der Waals surface area (Å²) < 4.78 is 10.1. The summed E-state index contributed by atoms with van der Waals surface area (Å²) in [6.45, 7) is 7.47. The molecule has 1 rings (SSSR count). The monoisotopic (exact) mass is 293 g/mol. The number of aryl methyl sites for hydroxylation is 2. The number of methoxy groups -OCH3 is 1. The third-order valence-electron chi connectivity index (χ3n) is 3.00. The third kappa shape index (κ3) is 5.45. The highest BCUT2D eigenvalue weighted by molar-refractivity contribution is 5.85. The number of ether oxygens (including phenoxy) is 2. The zero-order chi connectivity index (χ0) is 16.0. The Hall–Kier alpha value is -2.04. The molecule has 0 saturated carbocycles. The minimum atomic E-state index is -0.662. The van der Waals surface area contributed by atoms with Crippen LogP contribution in [-0.4, -0.2) is 31.6 Å². The number of carbonyl (C=O) groups is 2. The van der Waals surface area contributed by atoms with E-state index in [1.54, 1.807) is 0 Å². The van der Waals surface area contributed by atoms with Crippen LogP contribution in [0.2, 0.25) is 0 Å². The molecular formula is C16H23NO4. The number of esters is 1. The minimum absolute atomic E-state index is 0.0531. The molecule has 21 heavy (non-hydrogen) atoms. The quantitative estimate of drug-likeness (QED) is 0.815. The zero-order valence-electron chi connectivity index (χ0n) is 13.2. The highest BCUT2D eigenvalue weighted by Crippen LogP contribution is 2.16.